The van der Waals surface area contributed by atoms with Gasteiger partial charge in [-0.1, -0.05) is 12.2 Å². The van der Waals surface area contributed by atoms with Crippen LogP contribution in [0, 0.1) is 22.8 Å². The molecule has 0 aliphatic heterocycles. The molecule has 6 nitrogen and oxygen atoms in total. The summed E-state index contributed by atoms with van der Waals surface area (Å²) in [6.45, 7) is -1.46. The van der Waals surface area contributed by atoms with Crippen molar-refractivity contribution < 1.29 is 28.1 Å². The van der Waals surface area contributed by atoms with Crippen molar-refractivity contribution in [3.63, 3.8) is 0 Å². The summed E-state index contributed by atoms with van der Waals surface area (Å²) < 4.78 is 45.6. The zero-order valence-corrected chi connectivity index (χ0v) is 11.5. The molecule has 0 saturated heterocycles. The minimum absolute atomic E-state index is 0.0915. The standard InChI is InChI=1S/C11H11F3N2O4S/c1-3-10(13,8(18)11(14,5-17)20-2)16-4-6(12)7(21)15-9(16)19/h1,4,8,17-18H,5H2,2H3,(H,15,19,21)/t8-,10+,11?/m1/s1. The van der Waals surface area contributed by atoms with Crippen molar-refractivity contribution in [2.24, 2.45) is 0 Å². The maximum Gasteiger partial charge on any atom is 0.330 e. The van der Waals surface area contributed by atoms with Gasteiger partial charge < -0.3 is 14.9 Å². The van der Waals surface area contributed by atoms with Gasteiger partial charge in [-0.2, -0.15) is 0 Å². The Labute approximate surface area is 121 Å². The molecular formula is C11H11F3N2O4S. The molecule has 10 heteroatoms. The van der Waals surface area contributed by atoms with E-state index >= 15 is 0 Å². The molecule has 3 atom stereocenters. The van der Waals surface area contributed by atoms with Crippen molar-refractivity contribution >= 4 is 12.2 Å². The molecule has 21 heavy (non-hydrogen) atoms. The molecule has 116 valence electrons. The van der Waals surface area contributed by atoms with Crippen LogP contribution in [0.5, 0.6) is 0 Å². The number of nitrogens with zero attached hydrogens (tertiary/aromatic N) is 1. The summed E-state index contributed by atoms with van der Waals surface area (Å²) in [5.41, 5.74) is -1.32. The number of methoxy groups -OCH3 is 1. The molecule has 1 unspecified atom stereocenters. The van der Waals surface area contributed by atoms with Gasteiger partial charge in [0.2, 0.25) is 0 Å². The maximum atomic E-state index is 14.7. The van der Waals surface area contributed by atoms with Gasteiger partial charge in [-0.3, -0.25) is 9.55 Å². The first-order valence-corrected chi connectivity index (χ1v) is 5.78. The van der Waals surface area contributed by atoms with Gasteiger partial charge >= 0.3 is 5.69 Å². The third-order valence-corrected chi connectivity index (χ3v) is 3.07. The van der Waals surface area contributed by atoms with E-state index in [1.54, 1.807) is 4.98 Å². The van der Waals surface area contributed by atoms with Crippen molar-refractivity contribution in [3.05, 3.63) is 27.1 Å². The van der Waals surface area contributed by atoms with Crippen molar-refractivity contribution in [2.75, 3.05) is 13.7 Å². The lowest BCUT2D eigenvalue weighted by atomic mass is 10.0. The number of alkyl halides is 2. The van der Waals surface area contributed by atoms with Crippen LogP contribution in [0.2, 0.25) is 0 Å². The summed E-state index contributed by atoms with van der Waals surface area (Å²) in [4.78, 5) is 13.4. The van der Waals surface area contributed by atoms with Crippen LogP contribution in [0.1, 0.15) is 0 Å². The number of halogens is 3. The van der Waals surface area contributed by atoms with Crippen molar-refractivity contribution in [1.29, 1.82) is 0 Å². The third kappa shape index (κ3) is 2.86. The van der Waals surface area contributed by atoms with E-state index in [0.717, 1.165) is 7.11 Å². The summed E-state index contributed by atoms with van der Waals surface area (Å²) in [6, 6.07) is 0. The molecule has 0 fully saturated rings. The van der Waals surface area contributed by atoms with E-state index in [9.17, 15) is 23.1 Å². The van der Waals surface area contributed by atoms with Gasteiger partial charge in [0.1, 0.15) is 11.2 Å². The number of aromatic nitrogens is 2. The number of terminal acetylenes is 1. The number of nitrogens with one attached hydrogen (secondary N) is 1. The predicted octanol–water partition coefficient (Wildman–Crippen LogP) is -0.0341. The second kappa shape index (κ2) is 5.98. The SMILES string of the molecule is C#C[C@@](F)([C@@H](O)C(F)(CO)OC)n1cc(F)c(=S)[nH]c1=O. The fraction of sp³-hybridized carbons (Fsp3) is 0.455. The smallest absolute Gasteiger partial charge is 0.330 e. The van der Waals surface area contributed by atoms with Crippen molar-refractivity contribution in [3.8, 4) is 12.3 Å². The highest BCUT2D eigenvalue weighted by Crippen LogP contribution is 2.31. The zero-order chi connectivity index (χ0) is 16.4. The van der Waals surface area contributed by atoms with Crippen LogP contribution in [-0.2, 0) is 10.5 Å². The van der Waals surface area contributed by atoms with Gasteiger partial charge in [-0.25, -0.2) is 18.0 Å². The molecule has 1 aromatic heterocycles. The van der Waals surface area contributed by atoms with Gasteiger partial charge in [0.25, 0.3) is 11.6 Å². The van der Waals surface area contributed by atoms with Crippen LogP contribution >= 0.6 is 12.2 Å². The predicted molar refractivity (Wildman–Crippen MR) is 67.7 cm³/mol. The highest BCUT2D eigenvalue weighted by Gasteiger charge is 2.54. The number of ether oxygens (including phenoxy) is 1. The number of hydrogen-bond acceptors (Lipinski definition) is 5. The fourth-order valence-corrected chi connectivity index (χ4v) is 1.66. The first-order valence-electron chi connectivity index (χ1n) is 5.38. The van der Waals surface area contributed by atoms with Crippen LogP contribution < -0.4 is 5.69 Å². The van der Waals surface area contributed by atoms with E-state index in [2.05, 4.69) is 17.0 Å². The Kier molecular flexibility index (Phi) is 4.95. The first-order chi connectivity index (χ1) is 9.66. The fourth-order valence-electron chi connectivity index (χ4n) is 1.52. The van der Waals surface area contributed by atoms with E-state index < -0.39 is 40.5 Å². The first kappa shape index (κ1) is 17.4. The van der Waals surface area contributed by atoms with Crippen LogP contribution in [0.15, 0.2) is 11.0 Å². The van der Waals surface area contributed by atoms with Gasteiger partial charge in [-0.05, 0) is 5.92 Å². The van der Waals surface area contributed by atoms with E-state index in [1.165, 1.54) is 5.92 Å². The van der Waals surface area contributed by atoms with Crippen LogP contribution in [0.25, 0.3) is 0 Å². The number of hydrogen-bond donors (Lipinski definition) is 3. The largest absolute Gasteiger partial charge is 0.390 e. The maximum absolute atomic E-state index is 14.7. The van der Waals surface area contributed by atoms with E-state index in [0.29, 0.717) is 0 Å². The minimum Gasteiger partial charge on any atom is -0.390 e. The summed E-state index contributed by atoms with van der Waals surface area (Å²) in [7, 11) is 0.734. The molecule has 0 spiro atoms. The van der Waals surface area contributed by atoms with E-state index in [-0.39, 0.29) is 10.8 Å². The molecule has 1 rings (SSSR count). The van der Waals surface area contributed by atoms with Gasteiger partial charge in [0.15, 0.2) is 11.9 Å². The molecule has 0 aromatic carbocycles. The Morgan fingerprint density at radius 3 is 2.67 bits per heavy atom. The lowest BCUT2D eigenvalue weighted by Crippen LogP contribution is -2.57. The molecule has 1 heterocycles. The van der Waals surface area contributed by atoms with Gasteiger partial charge in [0.05, 0.1) is 6.20 Å². The number of aliphatic hydroxyl groups excluding tert-OH is 2. The second-order valence-electron chi connectivity index (χ2n) is 3.97. The highest BCUT2D eigenvalue weighted by molar-refractivity contribution is 7.71. The van der Waals surface area contributed by atoms with Crippen LogP contribution in [0.4, 0.5) is 13.2 Å². The number of H-pyrrole nitrogens is 1. The summed E-state index contributed by atoms with van der Waals surface area (Å²) >= 11 is 4.43. The average Bonchev–Trinajstić information content (AvgIpc) is 2.48. The molecule has 0 amide bonds. The molecule has 0 aliphatic carbocycles. The molecule has 0 aliphatic rings. The Morgan fingerprint density at radius 2 is 2.24 bits per heavy atom. The summed E-state index contributed by atoms with van der Waals surface area (Å²) in [5, 5.41) is 18.6. The average molecular weight is 324 g/mol. The van der Waals surface area contributed by atoms with E-state index in [4.69, 9.17) is 11.5 Å². The van der Waals surface area contributed by atoms with E-state index in [1.807, 2.05) is 0 Å². The molecule has 3 N–H and O–H groups in total. The topological polar surface area (TPSA) is 87.5 Å². The minimum atomic E-state index is -3.54. The highest BCUT2D eigenvalue weighted by atomic mass is 32.1. The Balaban J connectivity index is 3.55. The van der Waals surface area contributed by atoms with Gasteiger partial charge in [-0.15, -0.1) is 6.42 Å². The molecule has 0 radical (unpaired) electrons. The molecule has 1 aromatic rings. The molecule has 0 bridgehead atoms. The normalized spacial score (nSPS) is 18.3. The Bertz CT molecular complexity index is 679. The summed E-state index contributed by atoms with van der Waals surface area (Å²) in [5.74, 6) is -6.72. The van der Waals surface area contributed by atoms with Crippen molar-refractivity contribution in [2.45, 2.75) is 17.8 Å². The number of aliphatic hydroxyl groups is 2. The quantitative estimate of drug-likeness (QED) is 0.523. The van der Waals surface area contributed by atoms with Crippen molar-refractivity contribution in [1.82, 2.24) is 9.55 Å². The number of rotatable bonds is 5. The monoisotopic (exact) mass is 324 g/mol. The van der Waals surface area contributed by atoms with Gasteiger partial charge in [0, 0.05) is 7.11 Å². The van der Waals surface area contributed by atoms with Crippen LogP contribution in [-0.4, -0.2) is 45.4 Å². The molecular weight excluding hydrogens is 313 g/mol. The Hall–Kier alpha value is -1.67. The second-order valence-corrected chi connectivity index (χ2v) is 4.38. The Morgan fingerprint density at radius 1 is 1.67 bits per heavy atom. The number of aromatic amines is 1. The van der Waals surface area contributed by atoms with Crippen LogP contribution in [0.3, 0.4) is 0 Å². The third-order valence-electron chi connectivity index (χ3n) is 2.78. The summed E-state index contributed by atoms with van der Waals surface area (Å²) in [6.07, 6.45) is 2.34. The molecule has 0 saturated carbocycles. The zero-order valence-electron chi connectivity index (χ0n) is 10.6. The lowest BCUT2D eigenvalue weighted by molar-refractivity contribution is -0.249. The lowest BCUT2D eigenvalue weighted by Gasteiger charge is -2.34.